The number of carbonyl (C=O) groups excluding carboxylic acids is 1. The van der Waals surface area contributed by atoms with Gasteiger partial charge in [-0.2, -0.15) is 0 Å². The highest BCUT2D eigenvalue weighted by Crippen LogP contribution is 2.47. The van der Waals surface area contributed by atoms with Crippen LogP contribution in [-0.2, 0) is 9.53 Å². The normalized spacial score (nSPS) is 21.0. The minimum absolute atomic E-state index is 0.162. The lowest BCUT2D eigenvalue weighted by Crippen LogP contribution is -2.48. The van der Waals surface area contributed by atoms with Crippen molar-refractivity contribution >= 4 is 28.6 Å². The molecule has 0 bridgehead atoms. The number of halogens is 1. The first kappa shape index (κ1) is 20.8. The van der Waals surface area contributed by atoms with Crippen molar-refractivity contribution in [1.29, 1.82) is 0 Å². The van der Waals surface area contributed by atoms with Crippen LogP contribution in [0.4, 0.5) is 15.8 Å². The van der Waals surface area contributed by atoms with Gasteiger partial charge in [-0.25, -0.2) is 9.38 Å². The van der Waals surface area contributed by atoms with Crippen LogP contribution in [0.5, 0.6) is 5.75 Å². The van der Waals surface area contributed by atoms with Crippen molar-refractivity contribution < 1.29 is 18.7 Å². The van der Waals surface area contributed by atoms with Crippen molar-refractivity contribution in [1.82, 2.24) is 4.90 Å². The molecule has 0 aliphatic carbocycles. The second-order valence-corrected chi connectivity index (χ2v) is 8.86. The van der Waals surface area contributed by atoms with Gasteiger partial charge in [-0.3, -0.25) is 14.6 Å². The van der Waals surface area contributed by atoms with E-state index in [0.717, 1.165) is 49.7 Å². The molecule has 3 aliphatic heterocycles. The second-order valence-electron chi connectivity index (χ2n) is 8.86. The van der Waals surface area contributed by atoms with E-state index in [1.54, 1.807) is 19.2 Å². The highest BCUT2D eigenvalue weighted by molar-refractivity contribution is 6.55. The predicted molar refractivity (Wildman–Crippen MR) is 122 cm³/mol. The minimum atomic E-state index is -0.519. The van der Waals surface area contributed by atoms with E-state index in [1.165, 1.54) is 17.7 Å². The first-order valence-electron chi connectivity index (χ1n) is 10.8. The van der Waals surface area contributed by atoms with Crippen LogP contribution in [0.3, 0.4) is 0 Å². The summed E-state index contributed by atoms with van der Waals surface area (Å²) in [6.45, 7) is 8.08. The molecule has 1 amide bonds. The lowest BCUT2D eigenvalue weighted by atomic mass is 9.87. The fourth-order valence-electron chi connectivity index (χ4n) is 4.72. The molecule has 0 atom stereocenters. The number of methoxy groups -OCH3 is 1. The molecule has 0 N–H and O–H groups in total. The zero-order valence-electron chi connectivity index (χ0n) is 18.5. The number of nitrogens with zero attached hydrogens (tertiary/aromatic N) is 3. The van der Waals surface area contributed by atoms with E-state index in [9.17, 15) is 9.18 Å². The molecule has 0 saturated carbocycles. The van der Waals surface area contributed by atoms with Crippen molar-refractivity contribution in [3.8, 4) is 5.75 Å². The number of morpholine rings is 1. The molecule has 166 valence electrons. The molecule has 3 aliphatic rings. The molecule has 6 nitrogen and oxygen atoms in total. The third kappa shape index (κ3) is 3.51. The molecule has 0 aromatic heterocycles. The summed E-state index contributed by atoms with van der Waals surface area (Å²) >= 11 is 0. The topological polar surface area (TPSA) is 54.4 Å². The summed E-state index contributed by atoms with van der Waals surface area (Å²) in [6, 6.07) is 9.71. The maximum absolute atomic E-state index is 13.6. The first-order valence-corrected chi connectivity index (χ1v) is 10.8. The average Bonchev–Trinajstić information content (AvgIpc) is 3.06. The van der Waals surface area contributed by atoms with Crippen LogP contribution in [0.2, 0.25) is 0 Å². The number of aliphatic imine (C=N–C) groups is 1. The SMILES string of the molecule is COc1cc2c3c(c1)C(=Nc1ccc(F)cc1)C(=O)N3C(C)(C)C=C2CN1CCOCC1. The smallest absolute Gasteiger partial charge is 0.278 e. The summed E-state index contributed by atoms with van der Waals surface area (Å²) in [6.07, 6.45) is 2.17. The van der Waals surface area contributed by atoms with Gasteiger partial charge in [0.05, 0.1) is 37.2 Å². The molecule has 0 unspecified atom stereocenters. The number of benzene rings is 2. The maximum Gasteiger partial charge on any atom is 0.278 e. The van der Waals surface area contributed by atoms with Gasteiger partial charge in [0, 0.05) is 30.8 Å². The molecular weight excluding hydrogens is 409 g/mol. The van der Waals surface area contributed by atoms with Gasteiger partial charge in [0.2, 0.25) is 0 Å². The summed E-state index contributed by atoms with van der Waals surface area (Å²) in [5.41, 5.74) is 4.13. The number of anilines is 1. The number of carbonyl (C=O) groups is 1. The number of hydrogen-bond acceptors (Lipinski definition) is 5. The third-order valence-corrected chi connectivity index (χ3v) is 6.22. The van der Waals surface area contributed by atoms with Gasteiger partial charge >= 0.3 is 0 Å². The molecule has 3 heterocycles. The van der Waals surface area contributed by atoms with Crippen molar-refractivity contribution in [3.05, 3.63) is 59.4 Å². The van der Waals surface area contributed by atoms with E-state index in [1.807, 2.05) is 30.9 Å². The van der Waals surface area contributed by atoms with E-state index in [0.29, 0.717) is 17.1 Å². The van der Waals surface area contributed by atoms with Gasteiger partial charge in [0.15, 0.2) is 0 Å². The van der Waals surface area contributed by atoms with Gasteiger partial charge < -0.3 is 9.47 Å². The number of hydrogen-bond donors (Lipinski definition) is 0. The number of amides is 1. The Morgan fingerprint density at radius 3 is 2.50 bits per heavy atom. The van der Waals surface area contributed by atoms with Crippen molar-refractivity contribution in [2.24, 2.45) is 4.99 Å². The monoisotopic (exact) mass is 435 g/mol. The Bertz CT molecular complexity index is 1130. The minimum Gasteiger partial charge on any atom is -0.497 e. The zero-order valence-corrected chi connectivity index (χ0v) is 18.5. The summed E-state index contributed by atoms with van der Waals surface area (Å²) in [4.78, 5) is 22.4. The van der Waals surface area contributed by atoms with Crippen LogP contribution < -0.4 is 9.64 Å². The molecular formula is C25H26FN3O3. The molecule has 0 spiro atoms. The van der Waals surface area contributed by atoms with Gasteiger partial charge in [0.1, 0.15) is 17.3 Å². The second kappa shape index (κ2) is 7.83. The van der Waals surface area contributed by atoms with E-state index in [4.69, 9.17) is 9.47 Å². The van der Waals surface area contributed by atoms with E-state index in [-0.39, 0.29) is 11.7 Å². The fraction of sp³-hybridized carbons (Fsp3) is 0.360. The predicted octanol–water partition coefficient (Wildman–Crippen LogP) is 3.81. The Hall–Kier alpha value is -3.03. The Morgan fingerprint density at radius 1 is 1.12 bits per heavy atom. The van der Waals surface area contributed by atoms with Crippen LogP contribution in [0.1, 0.15) is 25.0 Å². The summed E-state index contributed by atoms with van der Waals surface area (Å²) < 4.78 is 24.5. The standard InChI is InChI=1S/C25H26FN3O3/c1-25(2)14-16(15-28-8-10-32-11-9-28)20-12-19(31-3)13-21-22(24(30)29(25)23(20)21)27-18-6-4-17(26)5-7-18/h4-7,12-14H,8-11,15H2,1-3H3. The Balaban J connectivity index is 1.65. The van der Waals surface area contributed by atoms with Gasteiger partial charge in [-0.15, -0.1) is 0 Å². The molecule has 2 aromatic rings. The highest BCUT2D eigenvalue weighted by Gasteiger charge is 2.46. The molecule has 1 saturated heterocycles. The van der Waals surface area contributed by atoms with E-state index in [2.05, 4.69) is 16.0 Å². The van der Waals surface area contributed by atoms with Gasteiger partial charge in [-0.1, -0.05) is 6.08 Å². The highest BCUT2D eigenvalue weighted by atomic mass is 19.1. The summed E-state index contributed by atoms with van der Waals surface area (Å²) in [7, 11) is 1.62. The largest absolute Gasteiger partial charge is 0.497 e. The maximum atomic E-state index is 13.6. The molecule has 7 heteroatoms. The van der Waals surface area contributed by atoms with Crippen LogP contribution in [-0.4, -0.2) is 62.0 Å². The zero-order chi connectivity index (χ0) is 22.5. The molecule has 0 radical (unpaired) electrons. The van der Waals surface area contributed by atoms with Crippen LogP contribution in [0, 0.1) is 5.82 Å². The van der Waals surface area contributed by atoms with Crippen LogP contribution >= 0.6 is 0 Å². The Kier molecular flexibility index (Phi) is 5.10. The van der Waals surface area contributed by atoms with Gasteiger partial charge in [-0.05, 0) is 55.8 Å². The summed E-state index contributed by atoms with van der Waals surface area (Å²) in [5.74, 6) is 0.173. The Morgan fingerprint density at radius 2 is 1.81 bits per heavy atom. The van der Waals surface area contributed by atoms with Crippen molar-refractivity contribution in [2.75, 3.05) is 44.9 Å². The van der Waals surface area contributed by atoms with Crippen molar-refractivity contribution in [2.45, 2.75) is 19.4 Å². The number of rotatable bonds is 4. The number of ether oxygens (including phenoxy) is 2. The molecule has 2 aromatic carbocycles. The van der Waals surface area contributed by atoms with E-state index < -0.39 is 5.54 Å². The van der Waals surface area contributed by atoms with Gasteiger partial charge in [0.25, 0.3) is 5.91 Å². The quantitative estimate of drug-likeness (QED) is 0.733. The van der Waals surface area contributed by atoms with Crippen LogP contribution in [0.15, 0.2) is 47.5 Å². The van der Waals surface area contributed by atoms with Crippen LogP contribution in [0.25, 0.3) is 5.57 Å². The first-order chi connectivity index (χ1) is 15.4. The average molecular weight is 435 g/mol. The fourth-order valence-corrected chi connectivity index (χ4v) is 4.72. The molecule has 32 heavy (non-hydrogen) atoms. The molecule has 5 rings (SSSR count). The molecule has 1 fully saturated rings. The lowest BCUT2D eigenvalue weighted by molar-refractivity contribution is -0.112. The van der Waals surface area contributed by atoms with E-state index >= 15 is 0 Å². The lowest BCUT2D eigenvalue weighted by Gasteiger charge is -2.40. The van der Waals surface area contributed by atoms with Crippen molar-refractivity contribution in [3.63, 3.8) is 0 Å². The summed E-state index contributed by atoms with van der Waals surface area (Å²) in [5, 5.41) is 0. The third-order valence-electron chi connectivity index (χ3n) is 6.22. The Labute approximate surface area is 186 Å².